The fourth-order valence-corrected chi connectivity index (χ4v) is 0.960. The molecule has 0 heterocycles. The van der Waals surface area contributed by atoms with Crippen LogP contribution in [-0.4, -0.2) is 52.4 Å². The molecule has 0 aliphatic heterocycles. The lowest BCUT2D eigenvalue weighted by atomic mass is 10.0. The lowest BCUT2D eigenvalue weighted by Crippen LogP contribution is -2.12. The van der Waals surface area contributed by atoms with Crippen LogP contribution in [0.25, 0.3) is 0 Å². The number of hydrogen-bond donors (Lipinski definition) is 3. The van der Waals surface area contributed by atoms with E-state index in [1.807, 2.05) is 33.8 Å². The van der Waals surface area contributed by atoms with E-state index in [1.54, 1.807) is 0 Å². The summed E-state index contributed by atoms with van der Waals surface area (Å²) >= 11 is 0. The molecule has 0 aromatic rings. The first kappa shape index (κ1) is 51.7. The molecule has 0 amide bonds. The van der Waals surface area contributed by atoms with Crippen molar-refractivity contribution >= 4 is 6.72 Å². The van der Waals surface area contributed by atoms with Gasteiger partial charge in [-0.3, -0.25) is 0 Å². The van der Waals surface area contributed by atoms with Crippen LogP contribution in [0.3, 0.4) is 0 Å². The van der Waals surface area contributed by atoms with Gasteiger partial charge in [0.1, 0.15) is 0 Å². The van der Waals surface area contributed by atoms with E-state index in [2.05, 4.69) is 91.8 Å². The van der Waals surface area contributed by atoms with Crippen LogP contribution >= 0.6 is 0 Å². The van der Waals surface area contributed by atoms with Crippen LogP contribution in [0.5, 0.6) is 0 Å². The summed E-state index contributed by atoms with van der Waals surface area (Å²) in [6.07, 6.45) is 8.27. The van der Waals surface area contributed by atoms with Gasteiger partial charge >= 0.3 is 0 Å². The van der Waals surface area contributed by atoms with E-state index >= 15 is 0 Å². The Balaban J connectivity index is -0.0000000331. The quantitative estimate of drug-likeness (QED) is 0.206. The molecule has 0 rings (SSSR count). The monoisotopic (exact) mass is 437 g/mol. The molecule has 0 radical (unpaired) electrons. The van der Waals surface area contributed by atoms with Gasteiger partial charge in [0.15, 0.2) is 0 Å². The minimum atomic E-state index is 0.882. The van der Waals surface area contributed by atoms with E-state index in [1.165, 1.54) is 39.2 Å². The van der Waals surface area contributed by atoms with Crippen LogP contribution in [0.1, 0.15) is 108 Å². The fraction of sp³-hybridized carbons (Fsp3) is 0.885. The van der Waals surface area contributed by atoms with E-state index in [0.717, 1.165) is 25.6 Å². The molecule has 4 nitrogen and oxygen atoms in total. The molecule has 0 spiro atoms. The molecule has 0 aromatic heterocycles. The molecule has 30 heavy (non-hydrogen) atoms. The standard InChI is InChI=1S/C8H16.C5H13N.C4H11N.C3H8.2C2H6.CH5N.CH3N/c1-4-6-7-8(3)5-2;1-3-5-6-4-2;1-4-5(2)3;1-3-2;4*1-2/h4,8H,1,5-7H2,2-3H3;6H,3-5H2,1-2H3;4H2,1-3H3;3H2,1-2H3;2*1-2H3;2H2,1H3;2H,1H2. The third kappa shape index (κ3) is 178. The second kappa shape index (κ2) is 90.1. The maximum absolute atomic E-state index is 5.50. The Hall–Kier alpha value is -0.710. The lowest BCUT2D eigenvalue weighted by Gasteiger charge is -2.03. The molecule has 0 fully saturated rings. The highest BCUT2D eigenvalue weighted by Crippen LogP contribution is 2.08. The second-order valence-electron chi connectivity index (χ2n) is 5.84. The van der Waals surface area contributed by atoms with Crippen LogP contribution < -0.4 is 11.1 Å². The zero-order chi connectivity index (χ0) is 26.2. The Morgan fingerprint density at radius 2 is 1.27 bits per heavy atom. The van der Waals surface area contributed by atoms with Crippen LogP contribution in [0, 0.1) is 11.3 Å². The van der Waals surface area contributed by atoms with Crippen LogP contribution in [-0.2, 0) is 0 Å². The van der Waals surface area contributed by atoms with Gasteiger partial charge in [-0.25, -0.2) is 0 Å². The topological polar surface area (TPSA) is 65.1 Å². The summed E-state index contributed by atoms with van der Waals surface area (Å²) in [7, 11) is 5.61. The van der Waals surface area contributed by atoms with E-state index < -0.39 is 0 Å². The third-order valence-corrected chi connectivity index (χ3v) is 2.87. The minimum absolute atomic E-state index is 0.882. The van der Waals surface area contributed by atoms with Crippen molar-refractivity contribution in [3.8, 4) is 0 Å². The molecule has 0 saturated heterocycles. The Bertz CT molecular complexity index is 170. The number of nitrogens with one attached hydrogen (secondary N) is 2. The summed E-state index contributed by atoms with van der Waals surface area (Å²) in [6.45, 7) is 32.8. The van der Waals surface area contributed by atoms with Gasteiger partial charge in [0.05, 0.1) is 0 Å². The highest BCUT2D eigenvalue weighted by Gasteiger charge is 1.93. The average molecular weight is 437 g/mol. The van der Waals surface area contributed by atoms with Gasteiger partial charge in [0.2, 0.25) is 0 Å². The Morgan fingerprint density at radius 1 is 0.933 bits per heavy atom. The highest BCUT2D eigenvalue weighted by molar-refractivity contribution is 5.15. The van der Waals surface area contributed by atoms with Crippen molar-refractivity contribution < 1.29 is 0 Å². The van der Waals surface area contributed by atoms with Crippen molar-refractivity contribution in [2.24, 2.45) is 11.7 Å². The van der Waals surface area contributed by atoms with Crippen molar-refractivity contribution in [2.75, 3.05) is 40.8 Å². The summed E-state index contributed by atoms with van der Waals surface area (Å²) in [4.78, 5) is 2.12. The van der Waals surface area contributed by atoms with E-state index in [0.29, 0.717) is 0 Å². The van der Waals surface area contributed by atoms with Gasteiger partial charge in [0.25, 0.3) is 0 Å². The molecule has 4 N–H and O–H groups in total. The molecule has 192 valence electrons. The first-order valence-corrected chi connectivity index (χ1v) is 12.3. The summed E-state index contributed by atoms with van der Waals surface area (Å²) in [5, 5.41) is 8.70. The summed E-state index contributed by atoms with van der Waals surface area (Å²) in [5.41, 5.74) is 4.50. The predicted octanol–water partition coefficient (Wildman–Crippen LogP) is 7.88. The lowest BCUT2D eigenvalue weighted by molar-refractivity contribution is 0.434. The zero-order valence-electron chi connectivity index (χ0n) is 24.3. The molecule has 0 aliphatic rings. The molecule has 0 aromatic carbocycles. The average Bonchev–Trinajstić information content (AvgIpc) is 2.82. The molecule has 1 atom stereocenters. The van der Waals surface area contributed by atoms with Gasteiger partial charge in [0, 0.05) is 0 Å². The maximum Gasteiger partial charge on any atom is -0.00517 e. The largest absolute Gasteiger partial charge is 0.333 e. The van der Waals surface area contributed by atoms with Crippen LogP contribution in [0.15, 0.2) is 12.7 Å². The van der Waals surface area contributed by atoms with E-state index in [9.17, 15) is 0 Å². The smallest absolute Gasteiger partial charge is 0.00517 e. The first-order valence-electron chi connectivity index (χ1n) is 12.3. The van der Waals surface area contributed by atoms with Crippen molar-refractivity contribution in [1.82, 2.24) is 10.2 Å². The van der Waals surface area contributed by atoms with Gasteiger partial charge in [-0.15, -0.1) is 6.58 Å². The molecular weight excluding hydrogens is 368 g/mol. The molecule has 1 unspecified atom stereocenters. The zero-order valence-corrected chi connectivity index (χ0v) is 24.3. The summed E-state index contributed by atoms with van der Waals surface area (Å²) < 4.78 is 0. The minimum Gasteiger partial charge on any atom is -0.333 e. The Kier molecular flexibility index (Phi) is 155. The summed E-state index contributed by atoms with van der Waals surface area (Å²) in [5.74, 6) is 0.882. The first-order chi connectivity index (χ1) is 14.4. The number of hydrogen-bond acceptors (Lipinski definition) is 4. The van der Waals surface area contributed by atoms with Crippen molar-refractivity contribution in [3.63, 3.8) is 0 Å². The highest BCUT2D eigenvalue weighted by atomic mass is 15.0. The number of rotatable bonds is 8. The number of allylic oxidation sites excluding steroid dienone is 1. The van der Waals surface area contributed by atoms with Crippen molar-refractivity contribution in [1.29, 1.82) is 5.41 Å². The van der Waals surface area contributed by atoms with Gasteiger partial charge < -0.3 is 21.4 Å². The van der Waals surface area contributed by atoms with E-state index in [4.69, 9.17) is 5.41 Å². The Morgan fingerprint density at radius 3 is 1.40 bits per heavy atom. The molecular formula is C26H68N4. The predicted molar refractivity (Wildman–Crippen MR) is 151 cm³/mol. The number of nitrogens with zero attached hydrogens (tertiary/aromatic N) is 1. The third-order valence-electron chi connectivity index (χ3n) is 2.87. The molecule has 0 aliphatic carbocycles. The molecule has 0 bridgehead atoms. The normalized spacial score (nSPS) is 8.27. The van der Waals surface area contributed by atoms with Gasteiger partial charge in [-0.1, -0.05) is 95.1 Å². The molecule has 4 heteroatoms. The van der Waals surface area contributed by atoms with E-state index in [-0.39, 0.29) is 0 Å². The van der Waals surface area contributed by atoms with Gasteiger partial charge in [-0.05, 0) is 72.7 Å². The molecule has 0 saturated carbocycles. The van der Waals surface area contributed by atoms with Crippen molar-refractivity contribution in [3.05, 3.63) is 12.7 Å². The Labute approximate surface area is 196 Å². The second-order valence-corrected chi connectivity index (χ2v) is 5.84. The summed E-state index contributed by atoms with van der Waals surface area (Å²) in [6, 6.07) is 0. The number of nitrogens with two attached hydrogens (primary N) is 1. The van der Waals surface area contributed by atoms with Crippen molar-refractivity contribution in [2.45, 2.75) is 108 Å². The SMILES string of the molecule is C=CCCC(C)CC.C=N.CC.CC.CCC.CCCNCC.CCN(C)C.CN. The van der Waals surface area contributed by atoms with Crippen LogP contribution in [0.2, 0.25) is 0 Å². The van der Waals surface area contributed by atoms with Gasteiger partial charge in [-0.2, -0.15) is 0 Å². The maximum atomic E-state index is 5.50. The fourth-order valence-electron chi connectivity index (χ4n) is 0.960. The van der Waals surface area contributed by atoms with Crippen LogP contribution in [0.4, 0.5) is 0 Å².